The number of hydrogen-bond donors (Lipinski definition) is 0. The van der Waals surface area contributed by atoms with Gasteiger partial charge in [-0.05, 0) is 35.7 Å². The van der Waals surface area contributed by atoms with Gasteiger partial charge in [0.25, 0.3) is 5.91 Å². The summed E-state index contributed by atoms with van der Waals surface area (Å²) >= 11 is 6.12. The highest BCUT2D eigenvalue weighted by molar-refractivity contribution is 6.31. The largest absolute Gasteiger partial charge is 0.331 e. The van der Waals surface area contributed by atoms with Crippen molar-refractivity contribution in [3.05, 3.63) is 65.3 Å². The first-order valence-electron chi connectivity index (χ1n) is 6.79. The Kier molecular flexibility index (Phi) is 2.59. The fraction of sp³-hybridized carbons (Fsp3) is 0.118. The zero-order valence-electron chi connectivity index (χ0n) is 11.5. The highest BCUT2D eigenvalue weighted by atomic mass is 35.5. The molecule has 1 aliphatic rings. The second-order valence-electron chi connectivity index (χ2n) is 5.28. The minimum absolute atomic E-state index is 0.0635. The van der Waals surface area contributed by atoms with Crippen molar-refractivity contribution in [2.45, 2.75) is 6.04 Å². The zero-order chi connectivity index (χ0) is 14.6. The fourth-order valence-electron chi connectivity index (χ4n) is 3.08. The molecule has 0 N–H and O–H groups in total. The second-order valence-corrected chi connectivity index (χ2v) is 5.72. The maximum atomic E-state index is 12.7. The van der Waals surface area contributed by atoms with Crippen molar-refractivity contribution in [3.63, 3.8) is 0 Å². The number of para-hydroxylation sites is 1. The molecule has 4 heteroatoms. The lowest BCUT2D eigenvalue weighted by Crippen LogP contribution is -2.27. The summed E-state index contributed by atoms with van der Waals surface area (Å²) < 4.78 is 2.02. The molecule has 1 unspecified atom stereocenters. The number of fused-ring (bicyclic) bond motifs is 2. The summed E-state index contributed by atoms with van der Waals surface area (Å²) in [4.78, 5) is 14.4. The number of anilines is 1. The average molecular weight is 297 g/mol. The van der Waals surface area contributed by atoms with E-state index in [-0.39, 0.29) is 11.9 Å². The van der Waals surface area contributed by atoms with Gasteiger partial charge in [0.15, 0.2) is 0 Å². The first-order valence-corrected chi connectivity index (χ1v) is 7.17. The van der Waals surface area contributed by atoms with E-state index in [0.717, 1.165) is 22.2 Å². The smallest absolute Gasteiger partial charge is 0.254 e. The van der Waals surface area contributed by atoms with Gasteiger partial charge >= 0.3 is 0 Å². The number of carbonyl (C=O) groups excluding carboxylic acids is 1. The molecule has 0 spiro atoms. The molecule has 0 aliphatic carbocycles. The van der Waals surface area contributed by atoms with Crippen molar-refractivity contribution in [2.75, 3.05) is 11.9 Å². The average Bonchev–Trinajstić information content (AvgIpc) is 3.00. The molecule has 1 aliphatic heterocycles. The fourth-order valence-corrected chi connectivity index (χ4v) is 3.26. The molecule has 1 atom stereocenters. The van der Waals surface area contributed by atoms with Gasteiger partial charge in [-0.15, -0.1) is 0 Å². The summed E-state index contributed by atoms with van der Waals surface area (Å²) in [6, 6.07) is 15.4. The molecule has 21 heavy (non-hydrogen) atoms. The van der Waals surface area contributed by atoms with E-state index in [1.165, 1.54) is 0 Å². The zero-order valence-corrected chi connectivity index (χ0v) is 12.2. The van der Waals surface area contributed by atoms with Gasteiger partial charge in [0, 0.05) is 35.0 Å². The lowest BCUT2D eigenvalue weighted by Gasteiger charge is -2.14. The highest BCUT2D eigenvalue weighted by Crippen LogP contribution is 2.40. The van der Waals surface area contributed by atoms with Crippen LogP contribution in [0.5, 0.6) is 0 Å². The Balaban J connectivity index is 1.97. The van der Waals surface area contributed by atoms with Crippen molar-refractivity contribution in [1.29, 1.82) is 0 Å². The topological polar surface area (TPSA) is 25.2 Å². The van der Waals surface area contributed by atoms with Crippen molar-refractivity contribution in [1.82, 2.24) is 4.57 Å². The van der Waals surface area contributed by atoms with Crippen LogP contribution in [-0.2, 0) is 4.79 Å². The third kappa shape index (κ3) is 1.71. The minimum atomic E-state index is -0.344. The Labute approximate surface area is 127 Å². The maximum absolute atomic E-state index is 12.7. The summed E-state index contributed by atoms with van der Waals surface area (Å²) in [5.74, 6) is 0.0635. The summed E-state index contributed by atoms with van der Waals surface area (Å²) in [6.45, 7) is 0. The number of carbonyl (C=O) groups is 1. The van der Waals surface area contributed by atoms with Gasteiger partial charge in [-0.3, -0.25) is 4.79 Å². The number of aromatic nitrogens is 1. The number of benzene rings is 2. The maximum Gasteiger partial charge on any atom is 0.254 e. The van der Waals surface area contributed by atoms with Gasteiger partial charge in [-0.25, -0.2) is 0 Å². The van der Waals surface area contributed by atoms with Crippen LogP contribution in [0.3, 0.4) is 0 Å². The molecule has 0 radical (unpaired) electrons. The molecule has 0 saturated heterocycles. The van der Waals surface area contributed by atoms with Crippen LogP contribution in [0.25, 0.3) is 10.9 Å². The highest BCUT2D eigenvalue weighted by Gasteiger charge is 2.36. The predicted molar refractivity (Wildman–Crippen MR) is 84.9 cm³/mol. The standard InChI is InChI=1S/C17H13ClN2O/c1-19-15-7-6-12(18)10-13(15)16(17(19)21)20-9-8-11-4-2-3-5-14(11)20/h2-10,16H,1H3. The third-order valence-corrected chi connectivity index (χ3v) is 4.35. The molecule has 4 rings (SSSR count). The van der Waals surface area contributed by atoms with Gasteiger partial charge in [0.1, 0.15) is 6.04 Å². The quantitative estimate of drug-likeness (QED) is 0.669. The van der Waals surface area contributed by atoms with Crippen molar-refractivity contribution in [3.8, 4) is 0 Å². The molecule has 2 aromatic carbocycles. The van der Waals surface area contributed by atoms with E-state index in [4.69, 9.17) is 11.6 Å². The van der Waals surface area contributed by atoms with E-state index in [2.05, 4.69) is 0 Å². The van der Waals surface area contributed by atoms with Crippen molar-refractivity contribution < 1.29 is 4.79 Å². The van der Waals surface area contributed by atoms with E-state index in [1.807, 2.05) is 59.3 Å². The number of rotatable bonds is 1. The van der Waals surface area contributed by atoms with E-state index in [9.17, 15) is 4.79 Å². The molecular weight excluding hydrogens is 284 g/mol. The molecule has 1 amide bonds. The summed E-state index contributed by atoms with van der Waals surface area (Å²) in [5, 5.41) is 1.78. The Morgan fingerprint density at radius 3 is 2.76 bits per heavy atom. The summed E-state index contributed by atoms with van der Waals surface area (Å²) in [5.41, 5.74) is 2.93. The van der Waals surface area contributed by atoms with Crippen LogP contribution >= 0.6 is 11.6 Å². The number of hydrogen-bond acceptors (Lipinski definition) is 1. The Bertz CT molecular complexity index is 868. The number of amides is 1. The van der Waals surface area contributed by atoms with Crippen LogP contribution in [-0.4, -0.2) is 17.5 Å². The van der Waals surface area contributed by atoms with Crippen LogP contribution < -0.4 is 4.90 Å². The Hall–Kier alpha value is -2.26. The third-order valence-electron chi connectivity index (χ3n) is 4.12. The molecule has 3 aromatic rings. The van der Waals surface area contributed by atoms with Gasteiger partial charge < -0.3 is 9.47 Å². The molecule has 104 valence electrons. The first-order chi connectivity index (χ1) is 10.2. The molecular formula is C17H13ClN2O. The van der Waals surface area contributed by atoms with Crippen LogP contribution in [0.2, 0.25) is 5.02 Å². The van der Waals surface area contributed by atoms with E-state index < -0.39 is 0 Å². The summed E-state index contributed by atoms with van der Waals surface area (Å²) in [7, 11) is 1.81. The first kappa shape index (κ1) is 12.5. The molecule has 0 fully saturated rings. The van der Waals surface area contributed by atoms with Crippen LogP contribution in [0.4, 0.5) is 5.69 Å². The molecule has 3 nitrogen and oxygen atoms in total. The van der Waals surface area contributed by atoms with Gasteiger partial charge in [0.05, 0.1) is 0 Å². The normalized spacial score (nSPS) is 17.5. The van der Waals surface area contributed by atoms with Crippen molar-refractivity contribution >= 4 is 34.1 Å². The summed E-state index contributed by atoms with van der Waals surface area (Å²) in [6.07, 6.45) is 1.97. The predicted octanol–water partition coefficient (Wildman–Crippen LogP) is 3.86. The Morgan fingerprint density at radius 1 is 1.10 bits per heavy atom. The number of nitrogens with zero attached hydrogens (tertiary/aromatic N) is 2. The molecule has 2 heterocycles. The lowest BCUT2D eigenvalue weighted by molar-refractivity contribution is -0.119. The van der Waals surface area contributed by atoms with Crippen LogP contribution in [0.15, 0.2) is 54.7 Å². The molecule has 0 saturated carbocycles. The van der Waals surface area contributed by atoms with Gasteiger partial charge in [0.2, 0.25) is 0 Å². The van der Waals surface area contributed by atoms with Gasteiger partial charge in [-0.1, -0.05) is 29.8 Å². The minimum Gasteiger partial charge on any atom is -0.331 e. The molecule has 0 bridgehead atoms. The SMILES string of the molecule is CN1C(=O)C(n2ccc3ccccc32)c2cc(Cl)ccc21. The van der Waals surface area contributed by atoms with E-state index in [1.54, 1.807) is 11.9 Å². The van der Waals surface area contributed by atoms with E-state index >= 15 is 0 Å². The monoisotopic (exact) mass is 296 g/mol. The second kappa shape index (κ2) is 4.37. The lowest BCUT2D eigenvalue weighted by atomic mass is 10.1. The number of likely N-dealkylation sites (N-methyl/N-ethyl adjacent to an activating group) is 1. The van der Waals surface area contributed by atoms with E-state index in [0.29, 0.717) is 5.02 Å². The van der Waals surface area contributed by atoms with Crippen LogP contribution in [0, 0.1) is 0 Å². The van der Waals surface area contributed by atoms with Crippen molar-refractivity contribution in [2.24, 2.45) is 0 Å². The number of halogens is 1. The Morgan fingerprint density at radius 2 is 1.90 bits per heavy atom. The van der Waals surface area contributed by atoms with Gasteiger partial charge in [-0.2, -0.15) is 0 Å². The van der Waals surface area contributed by atoms with Crippen LogP contribution in [0.1, 0.15) is 11.6 Å². The molecule has 1 aromatic heterocycles.